The number of amides is 1. The van der Waals surface area contributed by atoms with Gasteiger partial charge in [-0.15, -0.1) is 0 Å². The Kier molecular flexibility index (Phi) is 6.22. The zero-order valence-electron chi connectivity index (χ0n) is 18.1. The van der Waals surface area contributed by atoms with Gasteiger partial charge in [0.2, 0.25) is 0 Å². The molecule has 182 valence electrons. The number of pyridine rings is 1. The molecule has 4 aromatic rings. The number of anilines is 1. The number of alkyl halides is 3. The highest BCUT2D eigenvalue weighted by molar-refractivity contribution is 6.30. The van der Waals surface area contributed by atoms with Crippen molar-refractivity contribution in [2.24, 2.45) is 0 Å². The third-order valence-corrected chi connectivity index (χ3v) is 5.61. The lowest BCUT2D eigenvalue weighted by atomic mass is 10.1. The average molecular weight is 513 g/mol. The van der Waals surface area contributed by atoms with Gasteiger partial charge in [0, 0.05) is 11.5 Å². The number of aryl methyl sites for hydroxylation is 1. The van der Waals surface area contributed by atoms with Crippen LogP contribution in [0.3, 0.4) is 0 Å². The van der Waals surface area contributed by atoms with E-state index in [0.29, 0.717) is 35.2 Å². The van der Waals surface area contributed by atoms with E-state index in [0.717, 1.165) is 0 Å². The van der Waals surface area contributed by atoms with Gasteiger partial charge < -0.3 is 5.32 Å². The molecule has 1 amide bonds. The molecular formula is C23H15ClF6N4O. The lowest BCUT2D eigenvalue weighted by molar-refractivity contribution is -0.141. The molecule has 2 heterocycles. The van der Waals surface area contributed by atoms with Gasteiger partial charge in [-0.1, -0.05) is 17.7 Å². The van der Waals surface area contributed by atoms with Gasteiger partial charge in [0.25, 0.3) is 5.91 Å². The summed E-state index contributed by atoms with van der Waals surface area (Å²) in [5.41, 5.74) is -0.881. The Morgan fingerprint density at radius 3 is 2.37 bits per heavy atom. The number of carbonyl (C=O) groups excluding carboxylic acids is 1. The van der Waals surface area contributed by atoms with E-state index in [1.807, 2.05) is 0 Å². The van der Waals surface area contributed by atoms with Gasteiger partial charge in [-0.3, -0.25) is 9.48 Å². The average Bonchev–Trinajstić information content (AvgIpc) is 3.03. The summed E-state index contributed by atoms with van der Waals surface area (Å²) in [5.74, 6) is -4.32. The van der Waals surface area contributed by atoms with Crippen molar-refractivity contribution in [3.63, 3.8) is 0 Å². The second-order valence-corrected chi connectivity index (χ2v) is 8.15. The number of halogens is 7. The molecule has 0 saturated heterocycles. The van der Waals surface area contributed by atoms with E-state index in [1.54, 1.807) is 13.8 Å². The van der Waals surface area contributed by atoms with Crippen LogP contribution in [0, 0.1) is 31.3 Å². The first-order chi connectivity index (χ1) is 16.3. The molecule has 35 heavy (non-hydrogen) atoms. The van der Waals surface area contributed by atoms with E-state index < -0.39 is 46.3 Å². The Bertz CT molecular complexity index is 1480. The summed E-state index contributed by atoms with van der Waals surface area (Å²) in [5, 5.41) is 6.45. The fourth-order valence-electron chi connectivity index (χ4n) is 3.58. The first kappa shape index (κ1) is 24.5. The quantitative estimate of drug-likeness (QED) is 0.320. The van der Waals surface area contributed by atoms with E-state index in [4.69, 9.17) is 11.6 Å². The van der Waals surface area contributed by atoms with Crippen molar-refractivity contribution >= 4 is 34.1 Å². The summed E-state index contributed by atoms with van der Waals surface area (Å²) in [6.07, 6.45) is -4.93. The van der Waals surface area contributed by atoms with Crippen LogP contribution in [0.4, 0.5) is 32.0 Å². The number of fused-ring (bicyclic) bond motifs is 1. The predicted molar refractivity (Wildman–Crippen MR) is 117 cm³/mol. The molecule has 0 fully saturated rings. The first-order valence-corrected chi connectivity index (χ1v) is 10.4. The standard InChI is InChI=1S/C23H15ClF6N4O/c1-10-21(11(2)34(33-10)9-12-3-4-16(25)15(24)5-12)32-22(35)14-7-20(23(28,29)30)31-19-8-18(27)17(26)6-13(14)19/h3-8H,9H2,1-2H3,(H,32,35). The van der Waals surface area contributed by atoms with Crippen LogP contribution in [0.15, 0.2) is 36.4 Å². The van der Waals surface area contributed by atoms with Crippen molar-refractivity contribution in [1.82, 2.24) is 14.8 Å². The predicted octanol–water partition coefficient (Wildman–Crippen LogP) is 6.44. The number of benzene rings is 2. The molecule has 0 aliphatic carbocycles. The molecule has 4 rings (SSSR count). The van der Waals surface area contributed by atoms with Crippen LogP contribution in [0.25, 0.3) is 10.9 Å². The Labute approximate surface area is 199 Å². The highest BCUT2D eigenvalue weighted by atomic mass is 35.5. The molecule has 0 radical (unpaired) electrons. The van der Waals surface area contributed by atoms with Crippen LogP contribution in [0.2, 0.25) is 5.02 Å². The molecule has 2 aromatic heterocycles. The maximum Gasteiger partial charge on any atom is 0.433 e. The van der Waals surface area contributed by atoms with E-state index in [1.165, 1.54) is 22.9 Å². The Morgan fingerprint density at radius 1 is 1.03 bits per heavy atom. The van der Waals surface area contributed by atoms with Crippen molar-refractivity contribution in [3.05, 3.63) is 87.1 Å². The zero-order chi connectivity index (χ0) is 25.7. The van der Waals surface area contributed by atoms with Gasteiger partial charge in [0.15, 0.2) is 11.6 Å². The normalized spacial score (nSPS) is 11.8. The Hall–Kier alpha value is -3.60. The molecule has 0 bridgehead atoms. The highest BCUT2D eigenvalue weighted by Crippen LogP contribution is 2.32. The van der Waals surface area contributed by atoms with Gasteiger partial charge in [-0.2, -0.15) is 18.3 Å². The largest absolute Gasteiger partial charge is 0.433 e. The third-order valence-electron chi connectivity index (χ3n) is 5.32. The third kappa shape index (κ3) is 4.81. The van der Waals surface area contributed by atoms with Crippen molar-refractivity contribution < 1.29 is 31.1 Å². The summed E-state index contributed by atoms with van der Waals surface area (Å²) < 4.78 is 82.5. The fourth-order valence-corrected chi connectivity index (χ4v) is 3.78. The first-order valence-electron chi connectivity index (χ1n) is 10.0. The summed E-state index contributed by atoms with van der Waals surface area (Å²) in [6.45, 7) is 3.35. The SMILES string of the molecule is Cc1nn(Cc2ccc(F)c(Cl)c2)c(C)c1NC(=O)c1cc(C(F)(F)F)nc2cc(F)c(F)cc12. The molecule has 0 unspecified atom stereocenters. The van der Waals surface area contributed by atoms with E-state index in [-0.39, 0.29) is 22.6 Å². The molecule has 2 aromatic carbocycles. The van der Waals surface area contributed by atoms with Crippen LogP contribution >= 0.6 is 11.6 Å². The van der Waals surface area contributed by atoms with Crippen LogP contribution in [0.1, 0.15) is 33.0 Å². The Morgan fingerprint density at radius 2 is 1.71 bits per heavy atom. The lowest BCUT2D eigenvalue weighted by Gasteiger charge is -2.13. The van der Waals surface area contributed by atoms with E-state index in [9.17, 15) is 31.1 Å². The van der Waals surface area contributed by atoms with Gasteiger partial charge >= 0.3 is 6.18 Å². The molecule has 0 saturated carbocycles. The van der Waals surface area contributed by atoms with Gasteiger partial charge in [-0.05, 0) is 43.7 Å². The molecule has 0 aliphatic heterocycles. The van der Waals surface area contributed by atoms with E-state index in [2.05, 4.69) is 15.4 Å². The van der Waals surface area contributed by atoms with Gasteiger partial charge in [0.1, 0.15) is 11.5 Å². The second kappa shape index (κ2) is 8.88. The monoisotopic (exact) mass is 512 g/mol. The van der Waals surface area contributed by atoms with Gasteiger partial charge in [-0.25, -0.2) is 18.2 Å². The second-order valence-electron chi connectivity index (χ2n) is 7.74. The minimum atomic E-state index is -4.93. The smallest absolute Gasteiger partial charge is 0.319 e. The van der Waals surface area contributed by atoms with Gasteiger partial charge in [0.05, 0.1) is 39.7 Å². The molecule has 0 spiro atoms. The molecule has 0 aliphatic rings. The van der Waals surface area contributed by atoms with Crippen molar-refractivity contribution in [2.45, 2.75) is 26.6 Å². The maximum atomic E-state index is 13.8. The maximum absolute atomic E-state index is 13.8. The zero-order valence-corrected chi connectivity index (χ0v) is 18.8. The molecule has 0 atom stereocenters. The number of nitrogens with zero attached hydrogens (tertiary/aromatic N) is 3. The number of nitrogens with one attached hydrogen (secondary N) is 1. The van der Waals surface area contributed by atoms with Crippen LogP contribution < -0.4 is 5.32 Å². The summed E-state index contributed by atoms with van der Waals surface area (Å²) in [4.78, 5) is 16.4. The molecule has 1 N–H and O–H groups in total. The molecule has 5 nitrogen and oxygen atoms in total. The highest BCUT2D eigenvalue weighted by Gasteiger charge is 2.34. The summed E-state index contributed by atoms with van der Waals surface area (Å²) in [7, 11) is 0. The van der Waals surface area contributed by atoms with Crippen LogP contribution in [0.5, 0.6) is 0 Å². The number of hydrogen-bond donors (Lipinski definition) is 1. The fraction of sp³-hybridized carbons (Fsp3) is 0.174. The van der Waals surface area contributed by atoms with Crippen LogP contribution in [-0.2, 0) is 12.7 Å². The van der Waals surface area contributed by atoms with E-state index >= 15 is 0 Å². The van der Waals surface area contributed by atoms with Crippen molar-refractivity contribution in [3.8, 4) is 0 Å². The lowest BCUT2D eigenvalue weighted by Crippen LogP contribution is -2.17. The van der Waals surface area contributed by atoms with Crippen molar-refractivity contribution in [2.75, 3.05) is 5.32 Å². The van der Waals surface area contributed by atoms with Crippen LogP contribution in [-0.4, -0.2) is 20.7 Å². The summed E-state index contributed by atoms with van der Waals surface area (Å²) in [6, 6.07) is 5.71. The topological polar surface area (TPSA) is 59.8 Å². The Balaban J connectivity index is 1.72. The van der Waals surface area contributed by atoms with Crippen molar-refractivity contribution in [1.29, 1.82) is 0 Å². The number of hydrogen-bond acceptors (Lipinski definition) is 3. The number of carbonyl (C=O) groups is 1. The number of aromatic nitrogens is 3. The molecular weight excluding hydrogens is 498 g/mol. The summed E-state index contributed by atoms with van der Waals surface area (Å²) >= 11 is 5.81. The minimum absolute atomic E-state index is 0.0775. The number of rotatable bonds is 4. The minimum Gasteiger partial charge on any atom is -0.319 e. The molecule has 12 heteroatoms.